The van der Waals surface area contributed by atoms with Crippen molar-refractivity contribution in [2.24, 2.45) is 0 Å². The highest BCUT2D eigenvalue weighted by atomic mass is 16.5. The van der Waals surface area contributed by atoms with E-state index in [0.29, 0.717) is 29.5 Å². The Balaban J connectivity index is 1.92. The number of pyridine rings is 1. The van der Waals surface area contributed by atoms with Crippen LogP contribution in [0.1, 0.15) is 19.4 Å². The summed E-state index contributed by atoms with van der Waals surface area (Å²) < 4.78 is 10.5. The quantitative estimate of drug-likeness (QED) is 0.718. The number of methoxy groups -OCH3 is 2. The molecule has 2 amide bonds. The van der Waals surface area contributed by atoms with Crippen LogP contribution < -0.4 is 25.4 Å². The monoisotopic (exact) mass is 344 g/mol. The summed E-state index contributed by atoms with van der Waals surface area (Å²) in [4.78, 5) is 15.9. The first kappa shape index (κ1) is 18.4. The van der Waals surface area contributed by atoms with E-state index in [4.69, 9.17) is 9.47 Å². The predicted molar refractivity (Wildman–Crippen MR) is 98.4 cm³/mol. The molecular formula is C18H24N4O3. The van der Waals surface area contributed by atoms with Gasteiger partial charge in [0, 0.05) is 12.6 Å². The predicted octanol–water partition coefficient (Wildman–Crippen LogP) is 3.24. The van der Waals surface area contributed by atoms with Gasteiger partial charge in [-0.15, -0.1) is 0 Å². The Morgan fingerprint density at radius 3 is 2.48 bits per heavy atom. The Morgan fingerprint density at radius 1 is 1.12 bits per heavy atom. The van der Waals surface area contributed by atoms with Crippen LogP contribution in [0.25, 0.3) is 0 Å². The lowest BCUT2D eigenvalue weighted by Crippen LogP contribution is -2.34. The van der Waals surface area contributed by atoms with Crippen molar-refractivity contribution in [2.45, 2.75) is 26.4 Å². The van der Waals surface area contributed by atoms with Crippen LogP contribution in [0.5, 0.6) is 11.5 Å². The lowest BCUT2D eigenvalue weighted by atomic mass is 10.2. The number of carbonyl (C=O) groups excluding carboxylic acids is 1. The number of ether oxygens (including phenoxy) is 2. The molecule has 7 heteroatoms. The molecule has 0 unspecified atom stereocenters. The van der Waals surface area contributed by atoms with Gasteiger partial charge in [0.05, 0.1) is 26.1 Å². The third-order valence-corrected chi connectivity index (χ3v) is 3.36. The molecule has 7 nitrogen and oxygen atoms in total. The fraction of sp³-hybridized carbons (Fsp3) is 0.333. The molecule has 1 aromatic heterocycles. The lowest BCUT2D eigenvalue weighted by molar-refractivity contribution is 0.250. The number of urea groups is 1. The number of aromatic nitrogens is 1. The number of benzene rings is 1. The summed E-state index contributed by atoms with van der Waals surface area (Å²) in [5.74, 6) is 2.09. The molecule has 3 N–H and O–H groups in total. The van der Waals surface area contributed by atoms with Crippen LogP contribution in [0.4, 0.5) is 16.3 Å². The largest absolute Gasteiger partial charge is 0.493 e. The van der Waals surface area contributed by atoms with Gasteiger partial charge in [0.1, 0.15) is 5.82 Å². The molecule has 0 bridgehead atoms. The fourth-order valence-corrected chi connectivity index (χ4v) is 2.18. The van der Waals surface area contributed by atoms with E-state index in [9.17, 15) is 4.79 Å². The third-order valence-electron chi connectivity index (χ3n) is 3.36. The van der Waals surface area contributed by atoms with E-state index in [2.05, 4.69) is 20.9 Å². The number of rotatable bonds is 7. The molecule has 25 heavy (non-hydrogen) atoms. The van der Waals surface area contributed by atoms with Gasteiger partial charge in [-0.1, -0.05) is 6.07 Å². The Bertz CT molecular complexity index is 702. The normalized spacial score (nSPS) is 10.3. The second kappa shape index (κ2) is 8.77. The van der Waals surface area contributed by atoms with Gasteiger partial charge >= 0.3 is 6.03 Å². The zero-order valence-electron chi connectivity index (χ0n) is 14.9. The maximum Gasteiger partial charge on any atom is 0.319 e. The van der Waals surface area contributed by atoms with E-state index in [0.717, 1.165) is 5.56 Å². The number of anilines is 2. The molecule has 0 saturated heterocycles. The molecule has 0 saturated carbocycles. The van der Waals surface area contributed by atoms with Crippen molar-refractivity contribution in [2.75, 3.05) is 24.9 Å². The number of amides is 2. The first-order chi connectivity index (χ1) is 12.0. The van der Waals surface area contributed by atoms with Crippen molar-refractivity contribution in [1.29, 1.82) is 0 Å². The second-order valence-electron chi connectivity index (χ2n) is 5.73. The van der Waals surface area contributed by atoms with E-state index in [1.807, 2.05) is 38.1 Å². The van der Waals surface area contributed by atoms with Crippen molar-refractivity contribution in [3.63, 3.8) is 0 Å². The molecule has 0 aliphatic heterocycles. The minimum atomic E-state index is -0.247. The van der Waals surface area contributed by atoms with E-state index in [-0.39, 0.29) is 12.1 Å². The molecule has 1 heterocycles. The van der Waals surface area contributed by atoms with Crippen molar-refractivity contribution in [3.8, 4) is 11.5 Å². The summed E-state index contributed by atoms with van der Waals surface area (Å²) in [6.45, 7) is 4.39. The number of hydrogen-bond donors (Lipinski definition) is 3. The number of nitrogens with one attached hydrogen (secondary N) is 3. The average Bonchev–Trinajstić information content (AvgIpc) is 2.60. The fourth-order valence-electron chi connectivity index (χ4n) is 2.18. The van der Waals surface area contributed by atoms with Crippen LogP contribution in [0.3, 0.4) is 0 Å². The highest BCUT2D eigenvalue weighted by molar-refractivity contribution is 5.89. The van der Waals surface area contributed by atoms with Gasteiger partial charge in [-0.05, 0) is 43.7 Å². The smallest absolute Gasteiger partial charge is 0.319 e. The number of carbonyl (C=O) groups is 1. The minimum Gasteiger partial charge on any atom is -0.493 e. The molecule has 2 aromatic rings. The zero-order valence-corrected chi connectivity index (χ0v) is 14.9. The molecule has 2 rings (SSSR count). The summed E-state index contributed by atoms with van der Waals surface area (Å²) in [5.41, 5.74) is 1.67. The summed E-state index contributed by atoms with van der Waals surface area (Å²) in [6.07, 6.45) is 1.61. The Labute approximate surface area is 147 Å². The van der Waals surface area contributed by atoms with E-state index < -0.39 is 0 Å². The van der Waals surface area contributed by atoms with E-state index >= 15 is 0 Å². The minimum absolute atomic E-state index is 0.0791. The zero-order chi connectivity index (χ0) is 18.2. The van der Waals surface area contributed by atoms with Gasteiger partial charge in [0.15, 0.2) is 11.5 Å². The average molecular weight is 344 g/mol. The third kappa shape index (κ3) is 5.56. The molecule has 134 valence electrons. The van der Waals surface area contributed by atoms with Gasteiger partial charge in [0.25, 0.3) is 0 Å². The van der Waals surface area contributed by atoms with Gasteiger partial charge in [-0.3, -0.25) is 0 Å². The maximum absolute atomic E-state index is 11.6. The second-order valence-corrected chi connectivity index (χ2v) is 5.73. The van der Waals surface area contributed by atoms with Crippen LogP contribution >= 0.6 is 0 Å². The SMILES string of the molecule is COc1ccc(CNc2ccc(NC(=O)NC(C)C)cn2)cc1OC. The van der Waals surface area contributed by atoms with Crippen LogP contribution in [-0.2, 0) is 6.54 Å². The Hall–Kier alpha value is -2.96. The molecule has 0 aliphatic carbocycles. The summed E-state index contributed by atoms with van der Waals surface area (Å²) in [7, 11) is 3.22. The van der Waals surface area contributed by atoms with E-state index in [1.165, 1.54) is 0 Å². The standard InChI is InChI=1S/C18H24N4O3/c1-12(2)21-18(23)22-14-6-8-17(20-11-14)19-10-13-5-7-15(24-3)16(9-13)25-4/h5-9,11-12H,10H2,1-4H3,(H,19,20)(H2,21,22,23). The highest BCUT2D eigenvalue weighted by Crippen LogP contribution is 2.27. The van der Waals surface area contributed by atoms with Crippen LogP contribution in [0.2, 0.25) is 0 Å². The van der Waals surface area contributed by atoms with Crippen molar-refractivity contribution < 1.29 is 14.3 Å². The van der Waals surface area contributed by atoms with E-state index in [1.54, 1.807) is 26.5 Å². The number of hydrogen-bond acceptors (Lipinski definition) is 5. The van der Waals surface area contributed by atoms with Gasteiger partial charge in [0.2, 0.25) is 0 Å². The highest BCUT2D eigenvalue weighted by Gasteiger charge is 2.06. The lowest BCUT2D eigenvalue weighted by Gasteiger charge is -2.12. The first-order valence-electron chi connectivity index (χ1n) is 8.00. The van der Waals surface area contributed by atoms with Crippen molar-refractivity contribution in [1.82, 2.24) is 10.3 Å². The molecule has 0 spiro atoms. The van der Waals surface area contributed by atoms with Crippen molar-refractivity contribution in [3.05, 3.63) is 42.1 Å². The molecule has 0 aliphatic rings. The summed E-state index contributed by atoms with van der Waals surface area (Å²) >= 11 is 0. The van der Waals surface area contributed by atoms with Crippen LogP contribution in [-0.4, -0.2) is 31.3 Å². The Kier molecular flexibility index (Phi) is 6.45. The molecular weight excluding hydrogens is 320 g/mol. The summed E-state index contributed by atoms with van der Waals surface area (Å²) in [5, 5.41) is 8.72. The van der Waals surface area contributed by atoms with Gasteiger partial charge in [-0.2, -0.15) is 0 Å². The van der Waals surface area contributed by atoms with Gasteiger partial charge < -0.3 is 25.4 Å². The molecule has 0 atom stereocenters. The topological polar surface area (TPSA) is 84.5 Å². The Morgan fingerprint density at radius 2 is 1.88 bits per heavy atom. The number of nitrogens with zero attached hydrogens (tertiary/aromatic N) is 1. The summed E-state index contributed by atoms with van der Waals surface area (Å²) in [6, 6.07) is 9.18. The van der Waals surface area contributed by atoms with Crippen LogP contribution in [0, 0.1) is 0 Å². The van der Waals surface area contributed by atoms with Crippen molar-refractivity contribution >= 4 is 17.5 Å². The molecule has 1 aromatic carbocycles. The van der Waals surface area contributed by atoms with Gasteiger partial charge in [-0.25, -0.2) is 9.78 Å². The molecule has 0 fully saturated rings. The molecule has 0 radical (unpaired) electrons. The first-order valence-corrected chi connectivity index (χ1v) is 8.00. The maximum atomic E-state index is 11.6. The van der Waals surface area contributed by atoms with Crippen LogP contribution in [0.15, 0.2) is 36.5 Å².